The van der Waals surface area contributed by atoms with E-state index in [1.165, 1.54) is 29.0 Å². The van der Waals surface area contributed by atoms with Gasteiger partial charge in [0, 0.05) is 16.3 Å². The molecular weight excluding hydrogens is 264 g/mol. The molecule has 0 amide bonds. The molecule has 80 valence electrons. The number of thiophene rings is 1. The molecule has 3 rings (SSSR count). The van der Waals surface area contributed by atoms with E-state index in [0.717, 1.165) is 20.6 Å². The monoisotopic (exact) mass is 268 g/mol. The number of nitrogens with one attached hydrogen (secondary N) is 1. The first-order valence-electron chi connectivity index (χ1n) is 4.38. The van der Waals surface area contributed by atoms with Crippen molar-refractivity contribution in [1.82, 2.24) is 20.2 Å². The van der Waals surface area contributed by atoms with Gasteiger partial charge >= 0.3 is 0 Å². The van der Waals surface area contributed by atoms with Gasteiger partial charge in [0.2, 0.25) is 0 Å². The van der Waals surface area contributed by atoms with Gasteiger partial charge in [-0.25, -0.2) is 9.97 Å². The number of halogens is 1. The van der Waals surface area contributed by atoms with Crippen molar-refractivity contribution in [2.75, 3.05) is 0 Å². The predicted molar refractivity (Wildman–Crippen MR) is 65.8 cm³/mol. The average molecular weight is 269 g/mol. The summed E-state index contributed by atoms with van der Waals surface area (Å²) < 4.78 is 0.768. The molecule has 0 saturated heterocycles. The Bertz CT molecular complexity index is 599. The lowest BCUT2D eigenvalue weighted by Gasteiger charge is -1.88. The van der Waals surface area contributed by atoms with E-state index < -0.39 is 0 Å². The molecule has 1 N–H and O–H groups in total. The van der Waals surface area contributed by atoms with Gasteiger partial charge in [0.15, 0.2) is 10.8 Å². The van der Waals surface area contributed by atoms with Crippen LogP contribution in [-0.2, 0) is 0 Å². The summed E-state index contributed by atoms with van der Waals surface area (Å²) in [6, 6.07) is 1.91. The summed E-state index contributed by atoms with van der Waals surface area (Å²) in [6.07, 6.45) is 1.47. The lowest BCUT2D eigenvalue weighted by Crippen LogP contribution is -1.79. The van der Waals surface area contributed by atoms with Crippen LogP contribution in [0.25, 0.3) is 22.1 Å². The van der Waals surface area contributed by atoms with Crippen LogP contribution in [-0.4, -0.2) is 20.2 Å². The van der Waals surface area contributed by atoms with E-state index in [1.807, 2.05) is 16.8 Å². The van der Waals surface area contributed by atoms with Gasteiger partial charge < -0.3 is 0 Å². The number of H-pyrrole nitrogens is 1. The highest BCUT2D eigenvalue weighted by Crippen LogP contribution is 2.31. The van der Waals surface area contributed by atoms with Crippen molar-refractivity contribution < 1.29 is 0 Å². The Kier molecular flexibility index (Phi) is 2.47. The second kappa shape index (κ2) is 3.97. The van der Waals surface area contributed by atoms with Crippen molar-refractivity contribution in [3.05, 3.63) is 27.5 Å². The summed E-state index contributed by atoms with van der Waals surface area (Å²) in [7, 11) is 0. The van der Waals surface area contributed by atoms with Crippen LogP contribution in [0.15, 0.2) is 23.2 Å². The Balaban J connectivity index is 2.00. The second-order valence-corrected chi connectivity index (χ2v) is 5.41. The predicted octanol–water partition coefficient (Wildman–Crippen LogP) is 3.31. The first-order valence-corrected chi connectivity index (χ1v) is 6.52. The number of aromatic amines is 1. The molecule has 3 heterocycles. The normalized spacial score (nSPS) is 10.8. The van der Waals surface area contributed by atoms with E-state index in [1.54, 1.807) is 0 Å². The van der Waals surface area contributed by atoms with E-state index in [2.05, 4.69) is 20.2 Å². The van der Waals surface area contributed by atoms with Gasteiger partial charge in [-0.2, -0.15) is 5.10 Å². The Morgan fingerprint density at radius 2 is 2.19 bits per heavy atom. The molecule has 7 heteroatoms. The maximum absolute atomic E-state index is 5.88. The number of thiazole rings is 1. The minimum Gasteiger partial charge on any atom is -0.257 e. The number of nitrogens with zero attached hydrogens (tertiary/aromatic N) is 3. The molecule has 0 aliphatic rings. The molecule has 0 spiro atoms. The molecular formula is C9H5ClN4S2. The van der Waals surface area contributed by atoms with Gasteiger partial charge in [-0.05, 0) is 6.07 Å². The van der Waals surface area contributed by atoms with Crippen LogP contribution in [0.5, 0.6) is 0 Å². The summed E-state index contributed by atoms with van der Waals surface area (Å²) in [4.78, 5) is 8.53. The smallest absolute Gasteiger partial charge is 0.184 e. The third-order valence-corrected chi connectivity index (χ3v) is 3.93. The fourth-order valence-electron chi connectivity index (χ4n) is 1.27. The molecule has 0 atom stereocenters. The minimum atomic E-state index is 0.692. The van der Waals surface area contributed by atoms with Crippen molar-refractivity contribution >= 4 is 34.3 Å². The number of aromatic nitrogens is 4. The van der Waals surface area contributed by atoms with Crippen molar-refractivity contribution in [3.63, 3.8) is 0 Å². The standard InChI is InChI=1S/C9H5ClN4S2/c10-7-1-5(2-15-7)6-3-16-9(13-6)8-11-4-12-14-8/h1-4H,(H,11,12,14). The van der Waals surface area contributed by atoms with Gasteiger partial charge in [-0.1, -0.05) is 11.6 Å². The van der Waals surface area contributed by atoms with Gasteiger partial charge in [0.05, 0.1) is 10.0 Å². The highest BCUT2D eigenvalue weighted by Gasteiger charge is 2.09. The molecule has 3 aromatic heterocycles. The van der Waals surface area contributed by atoms with Gasteiger partial charge in [0.25, 0.3) is 0 Å². The lowest BCUT2D eigenvalue weighted by molar-refractivity contribution is 1.09. The van der Waals surface area contributed by atoms with Crippen LogP contribution in [0.3, 0.4) is 0 Å². The maximum Gasteiger partial charge on any atom is 0.184 e. The second-order valence-electron chi connectivity index (χ2n) is 3.01. The van der Waals surface area contributed by atoms with E-state index >= 15 is 0 Å². The Morgan fingerprint density at radius 1 is 1.25 bits per heavy atom. The van der Waals surface area contributed by atoms with Crippen LogP contribution >= 0.6 is 34.3 Å². The first kappa shape index (κ1) is 9.95. The molecule has 0 unspecified atom stereocenters. The zero-order valence-corrected chi connectivity index (χ0v) is 10.2. The van der Waals surface area contributed by atoms with Gasteiger partial charge in [-0.15, -0.1) is 22.7 Å². The molecule has 0 bridgehead atoms. The zero-order valence-electron chi connectivity index (χ0n) is 7.85. The van der Waals surface area contributed by atoms with E-state index in [9.17, 15) is 0 Å². The Labute approximate surface area is 104 Å². The van der Waals surface area contributed by atoms with Crippen LogP contribution < -0.4 is 0 Å². The van der Waals surface area contributed by atoms with Gasteiger partial charge in [-0.3, -0.25) is 5.10 Å². The van der Waals surface area contributed by atoms with Crippen LogP contribution in [0, 0.1) is 0 Å². The van der Waals surface area contributed by atoms with Crippen LogP contribution in [0.4, 0.5) is 0 Å². The molecule has 0 fully saturated rings. The topological polar surface area (TPSA) is 54.5 Å². The summed E-state index contributed by atoms with van der Waals surface area (Å²) in [5.74, 6) is 0.692. The molecule has 0 aromatic carbocycles. The first-order chi connectivity index (χ1) is 7.83. The van der Waals surface area contributed by atoms with E-state index in [0.29, 0.717) is 5.82 Å². The van der Waals surface area contributed by atoms with Crippen molar-refractivity contribution in [3.8, 4) is 22.1 Å². The largest absolute Gasteiger partial charge is 0.257 e. The van der Waals surface area contributed by atoms with Crippen LogP contribution in [0.2, 0.25) is 4.34 Å². The van der Waals surface area contributed by atoms with Crippen molar-refractivity contribution in [1.29, 1.82) is 0 Å². The molecule has 0 saturated carbocycles. The Hall–Kier alpha value is -1.24. The van der Waals surface area contributed by atoms with E-state index in [-0.39, 0.29) is 0 Å². The molecule has 3 aromatic rings. The van der Waals surface area contributed by atoms with Gasteiger partial charge in [0.1, 0.15) is 6.33 Å². The molecule has 4 nitrogen and oxygen atoms in total. The van der Waals surface area contributed by atoms with Crippen LogP contribution in [0.1, 0.15) is 0 Å². The highest BCUT2D eigenvalue weighted by molar-refractivity contribution is 7.15. The molecule has 0 aliphatic heterocycles. The summed E-state index contributed by atoms with van der Waals surface area (Å²) in [6.45, 7) is 0. The third kappa shape index (κ3) is 1.75. The van der Waals surface area contributed by atoms with E-state index in [4.69, 9.17) is 11.6 Å². The number of rotatable bonds is 2. The van der Waals surface area contributed by atoms with Crippen molar-refractivity contribution in [2.24, 2.45) is 0 Å². The molecule has 16 heavy (non-hydrogen) atoms. The minimum absolute atomic E-state index is 0.692. The maximum atomic E-state index is 5.88. The van der Waals surface area contributed by atoms with Crippen molar-refractivity contribution in [2.45, 2.75) is 0 Å². The fraction of sp³-hybridized carbons (Fsp3) is 0. The SMILES string of the molecule is Clc1cc(-c2csc(-c3ncn[nH]3)n2)cs1. The Morgan fingerprint density at radius 3 is 2.88 bits per heavy atom. The fourth-order valence-corrected chi connectivity index (χ4v) is 2.92. The summed E-state index contributed by atoms with van der Waals surface area (Å²) >= 11 is 8.91. The molecule has 0 aliphatic carbocycles. The molecule has 0 radical (unpaired) electrons. The quantitative estimate of drug-likeness (QED) is 0.776. The number of hydrogen-bond acceptors (Lipinski definition) is 5. The third-order valence-electron chi connectivity index (χ3n) is 1.99. The summed E-state index contributed by atoms with van der Waals surface area (Å²) in [5.41, 5.74) is 1.96. The number of hydrogen-bond donors (Lipinski definition) is 1. The summed E-state index contributed by atoms with van der Waals surface area (Å²) in [5, 5.41) is 11.4. The average Bonchev–Trinajstić information content (AvgIpc) is 2.97. The lowest BCUT2D eigenvalue weighted by atomic mass is 10.3. The zero-order chi connectivity index (χ0) is 11.0. The highest BCUT2D eigenvalue weighted by atomic mass is 35.5.